The van der Waals surface area contributed by atoms with Crippen molar-refractivity contribution in [1.82, 2.24) is 4.98 Å². The second-order valence-electron chi connectivity index (χ2n) is 6.79. The summed E-state index contributed by atoms with van der Waals surface area (Å²) in [7, 11) is 0. The van der Waals surface area contributed by atoms with E-state index in [1.165, 1.54) is 44.1 Å². The van der Waals surface area contributed by atoms with Crippen molar-refractivity contribution in [3.63, 3.8) is 0 Å². The van der Waals surface area contributed by atoms with Crippen LogP contribution < -0.4 is 0 Å². The Bertz CT molecular complexity index is 441. The van der Waals surface area contributed by atoms with Gasteiger partial charge in [-0.2, -0.15) is 0 Å². The highest BCUT2D eigenvalue weighted by Crippen LogP contribution is 2.60. The summed E-state index contributed by atoms with van der Waals surface area (Å²) >= 11 is 0. The van der Waals surface area contributed by atoms with Crippen LogP contribution in [0.1, 0.15) is 54.6 Å². The summed E-state index contributed by atoms with van der Waals surface area (Å²) in [5.74, 6) is 2.88. The molecule has 0 amide bonds. The number of pyridine rings is 1. The molecule has 0 spiro atoms. The van der Waals surface area contributed by atoms with Crippen LogP contribution in [0, 0.1) is 17.8 Å². The minimum atomic E-state index is 0.406. The largest absolute Gasteiger partial charge is 0.296 e. The molecule has 0 radical (unpaired) electrons. The number of aldehydes is 1. The lowest BCUT2D eigenvalue weighted by Gasteiger charge is -2.57. The van der Waals surface area contributed by atoms with Gasteiger partial charge >= 0.3 is 0 Å². The first kappa shape index (κ1) is 10.7. The Morgan fingerprint density at radius 3 is 2.11 bits per heavy atom. The summed E-state index contributed by atoms with van der Waals surface area (Å²) in [5.41, 5.74) is 2.36. The molecular formula is C16H19NO. The highest BCUT2D eigenvalue weighted by molar-refractivity contribution is 5.71. The van der Waals surface area contributed by atoms with Crippen LogP contribution in [0.2, 0.25) is 0 Å². The van der Waals surface area contributed by atoms with Crippen LogP contribution in [0.4, 0.5) is 0 Å². The van der Waals surface area contributed by atoms with Crippen LogP contribution in [-0.4, -0.2) is 11.3 Å². The first-order valence-electron chi connectivity index (χ1n) is 7.19. The molecule has 94 valence electrons. The van der Waals surface area contributed by atoms with E-state index in [0.717, 1.165) is 24.0 Å². The molecule has 1 heterocycles. The Balaban J connectivity index is 1.72. The van der Waals surface area contributed by atoms with Gasteiger partial charge < -0.3 is 0 Å². The Hall–Kier alpha value is -1.18. The zero-order chi connectivity index (χ0) is 12.2. The van der Waals surface area contributed by atoms with Gasteiger partial charge in [0.25, 0.3) is 0 Å². The fraction of sp³-hybridized carbons (Fsp3) is 0.625. The molecule has 4 aliphatic rings. The molecule has 0 unspecified atom stereocenters. The van der Waals surface area contributed by atoms with Gasteiger partial charge in [-0.1, -0.05) is 6.07 Å². The van der Waals surface area contributed by atoms with E-state index in [-0.39, 0.29) is 0 Å². The molecule has 4 aliphatic carbocycles. The summed E-state index contributed by atoms with van der Waals surface area (Å²) in [4.78, 5) is 15.0. The van der Waals surface area contributed by atoms with Crippen molar-refractivity contribution in [3.8, 4) is 0 Å². The molecule has 0 atom stereocenters. The van der Waals surface area contributed by atoms with Gasteiger partial charge in [-0.3, -0.25) is 9.78 Å². The average molecular weight is 241 g/mol. The fourth-order valence-corrected chi connectivity index (χ4v) is 5.25. The van der Waals surface area contributed by atoms with Crippen molar-refractivity contribution in [2.75, 3.05) is 0 Å². The lowest BCUT2D eigenvalue weighted by Crippen LogP contribution is -2.48. The van der Waals surface area contributed by atoms with Gasteiger partial charge in [-0.05, 0) is 73.3 Å². The molecule has 2 nitrogen and oxygen atoms in total. The standard InChI is InChI=1S/C16H19NO/c18-10-15-2-1-14(9-17-15)16-6-11-3-12(7-16)5-13(4-11)8-16/h1-2,9-13H,3-8H2. The molecule has 4 saturated carbocycles. The summed E-state index contributed by atoms with van der Waals surface area (Å²) in [6.07, 6.45) is 11.3. The van der Waals surface area contributed by atoms with Crippen molar-refractivity contribution in [1.29, 1.82) is 0 Å². The van der Waals surface area contributed by atoms with Gasteiger partial charge in [0.15, 0.2) is 6.29 Å². The molecule has 0 aromatic carbocycles. The molecule has 2 heteroatoms. The maximum Gasteiger partial charge on any atom is 0.168 e. The molecule has 18 heavy (non-hydrogen) atoms. The number of hydrogen-bond acceptors (Lipinski definition) is 2. The monoisotopic (exact) mass is 241 g/mol. The van der Waals surface area contributed by atoms with Gasteiger partial charge in [0.1, 0.15) is 5.69 Å². The molecule has 0 saturated heterocycles. The van der Waals surface area contributed by atoms with Crippen molar-refractivity contribution in [2.45, 2.75) is 43.9 Å². The van der Waals surface area contributed by atoms with Gasteiger partial charge in [0.2, 0.25) is 0 Å². The Morgan fingerprint density at radius 2 is 1.67 bits per heavy atom. The third-order valence-electron chi connectivity index (χ3n) is 5.56. The zero-order valence-electron chi connectivity index (χ0n) is 10.6. The quantitative estimate of drug-likeness (QED) is 0.743. The second kappa shape index (κ2) is 3.66. The van der Waals surface area contributed by atoms with Crippen LogP contribution >= 0.6 is 0 Å². The number of hydrogen-bond donors (Lipinski definition) is 0. The summed E-state index contributed by atoms with van der Waals surface area (Å²) in [5, 5.41) is 0. The Kier molecular flexibility index (Phi) is 2.18. The van der Waals surface area contributed by atoms with E-state index in [0.29, 0.717) is 11.1 Å². The molecule has 1 aromatic heterocycles. The van der Waals surface area contributed by atoms with E-state index in [1.54, 1.807) is 0 Å². The number of rotatable bonds is 2. The molecule has 5 rings (SSSR count). The van der Waals surface area contributed by atoms with Crippen LogP contribution in [0.15, 0.2) is 18.3 Å². The van der Waals surface area contributed by atoms with Gasteiger partial charge in [0, 0.05) is 6.20 Å². The SMILES string of the molecule is O=Cc1ccc(C23CC4CC(CC(C4)C2)C3)cn1. The number of carbonyl (C=O) groups excluding carboxylic acids is 1. The topological polar surface area (TPSA) is 30.0 Å². The van der Waals surface area contributed by atoms with E-state index in [2.05, 4.69) is 11.1 Å². The Morgan fingerprint density at radius 1 is 1.06 bits per heavy atom. The zero-order valence-corrected chi connectivity index (χ0v) is 10.6. The normalized spacial score (nSPS) is 41.0. The first-order chi connectivity index (χ1) is 8.77. The van der Waals surface area contributed by atoms with Crippen molar-refractivity contribution < 1.29 is 4.79 Å². The van der Waals surface area contributed by atoms with Crippen molar-refractivity contribution >= 4 is 6.29 Å². The predicted octanol–water partition coefficient (Wildman–Crippen LogP) is 3.36. The van der Waals surface area contributed by atoms with Crippen LogP contribution in [0.5, 0.6) is 0 Å². The lowest BCUT2D eigenvalue weighted by molar-refractivity contribution is -0.00534. The highest BCUT2D eigenvalue weighted by atomic mass is 16.1. The molecule has 4 bridgehead atoms. The summed E-state index contributed by atoms with van der Waals surface area (Å²) < 4.78 is 0. The predicted molar refractivity (Wildman–Crippen MR) is 69.5 cm³/mol. The van der Waals surface area contributed by atoms with Crippen molar-refractivity contribution in [3.05, 3.63) is 29.6 Å². The van der Waals surface area contributed by atoms with E-state index >= 15 is 0 Å². The summed E-state index contributed by atoms with van der Waals surface area (Å²) in [6.45, 7) is 0. The molecule has 1 aromatic rings. The number of carbonyl (C=O) groups is 1. The van der Waals surface area contributed by atoms with Crippen LogP contribution in [0.25, 0.3) is 0 Å². The molecule has 4 fully saturated rings. The number of nitrogens with zero attached hydrogens (tertiary/aromatic N) is 1. The maximum absolute atomic E-state index is 10.7. The summed E-state index contributed by atoms with van der Waals surface area (Å²) in [6, 6.07) is 4.05. The minimum Gasteiger partial charge on any atom is -0.296 e. The van der Waals surface area contributed by atoms with Crippen LogP contribution in [0.3, 0.4) is 0 Å². The average Bonchev–Trinajstić information content (AvgIpc) is 2.37. The second-order valence-corrected chi connectivity index (χ2v) is 6.79. The Labute approximate surface area is 108 Å². The first-order valence-corrected chi connectivity index (χ1v) is 7.19. The maximum atomic E-state index is 10.7. The van der Waals surface area contributed by atoms with E-state index in [9.17, 15) is 4.79 Å². The van der Waals surface area contributed by atoms with E-state index in [4.69, 9.17) is 0 Å². The smallest absolute Gasteiger partial charge is 0.168 e. The third kappa shape index (κ3) is 1.47. The molecule has 0 N–H and O–H groups in total. The number of aromatic nitrogens is 1. The van der Waals surface area contributed by atoms with E-state index < -0.39 is 0 Å². The molecular weight excluding hydrogens is 222 g/mol. The van der Waals surface area contributed by atoms with Gasteiger partial charge in [-0.15, -0.1) is 0 Å². The van der Waals surface area contributed by atoms with E-state index in [1.807, 2.05) is 12.3 Å². The fourth-order valence-electron chi connectivity index (χ4n) is 5.25. The highest BCUT2D eigenvalue weighted by Gasteiger charge is 2.51. The van der Waals surface area contributed by atoms with Crippen molar-refractivity contribution in [2.24, 2.45) is 17.8 Å². The van der Waals surface area contributed by atoms with Gasteiger partial charge in [-0.25, -0.2) is 0 Å². The minimum absolute atomic E-state index is 0.406. The van der Waals surface area contributed by atoms with Gasteiger partial charge in [0.05, 0.1) is 0 Å². The van der Waals surface area contributed by atoms with Crippen LogP contribution in [-0.2, 0) is 5.41 Å². The lowest BCUT2D eigenvalue weighted by atomic mass is 9.48. The third-order valence-corrected chi connectivity index (χ3v) is 5.56. The molecule has 0 aliphatic heterocycles.